The zero-order valence-electron chi connectivity index (χ0n) is 20.8. The summed E-state index contributed by atoms with van der Waals surface area (Å²) in [6.07, 6.45) is -0.443. The van der Waals surface area contributed by atoms with Crippen molar-refractivity contribution in [3.8, 4) is 5.75 Å². The summed E-state index contributed by atoms with van der Waals surface area (Å²) < 4.78 is 59.9. The summed E-state index contributed by atoms with van der Waals surface area (Å²) in [5.74, 6) is -0.0939. The molecule has 0 saturated carbocycles. The molecule has 2 aliphatic heterocycles. The molecule has 2 saturated heterocycles. The largest absolute Gasteiger partial charge is 0.497 e. The van der Waals surface area contributed by atoms with Crippen LogP contribution in [0.25, 0.3) is 0 Å². The molecule has 8 nitrogen and oxygen atoms in total. The van der Waals surface area contributed by atoms with Gasteiger partial charge in [0.25, 0.3) is 10.1 Å². The van der Waals surface area contributed by atoms with Crippen LogP contribution >= 0.6 is 0 Å². The second-order valence-electron chi connectivity index (χ2n) is 9.38. The third kappa shape index (κ3) is 5.87. The van der Waals surface area contributed by atoms with E-state index in [1.54, 1.807) is 38.5 Å². The molecular formula is C26H34O8S. The van der Waals surface area contributed by atoms with Gasteiger partial charge in [-0.05, 0) is 63.4 Å². The zero-order chi connectivity index (χ0) is 25.2. The van der Waals surface area contributed by atoms with Crippen LogP contribution in [-0.2, 0) is 33.2 Å². The monoisotopic (exact) mass is 506 g/mol. The van der Waals surface area contributed by atoms with Crippen molar-refractivity contribution in [2.45, 2.75) is 74.8 Å². The van der Waals surface area contributed by atoms with Gasteiger partial charge in [-0.1, -0.05) is 29.8 Å². The average molecular weight is 507 g/mol. The first-order valence-corrected chi connectivity index (χ1v) is 13.2. The predicted molar refractivity (Wildman–Crippen MR) is 129 cm³/mol. The lowest BCUT2D eigenvalue weighted by Crippen LogP contribution is -2.39. The number of hydrogen-bond donors (Lipinski definition) is 0. The van der Waals surface area contributed by atoms with Gasteiger partial charge in [0.1, 0.15) is 18.0 Å². The van der Waals surface area contributed by atoms with Crippen molar-refractivity contribution < 1.29 is 36.3 Å². The number of hydrogen-bond acceptors (Lipinski definition) is 8. The van der Waals surface area contributed by atoms with E-state index in [0.717, 1.165) is 16.9 Å². The number of aryl methyl sites for hydroxylation is 1. The van der Waals surface area contributed by atoms with Gasteiger partial charge in [0, 0.05) is 13.0 Å². The fourth-order valence-corrected chi connectivity index (χ4v) is 5.66. The summed E-state index contributed by atoms with van der Waals surface area (Å²) >= 11 is 0. The first-order chi connectivity index (χ1) is 16.6. The highest BCUT2D eigenvalue weighted by molar-refractivity contribution is 7.86. The highest BCUT2D eigenvalue weighted by Crippen LogP contribution is 2.44. The Morgan fingerprint density at radius 3 is 2.31 bits per heavy atom. The molecule has 35 heavy (non-hydrogen) atoms. The lowest BCUT2D eigenvalue weighted by atomic mass is 9.86. The van der Waals surface area contributed by atoms with Crippen LogP contribution < -0.4 is 4.74 Å². The second-order valence-corrected chi connectivity index (χ2v) is 11.0. The maximum atomic E-state index is 12.6. The van der Waals surface area contributed by atoms with Gasteiger partial charge in [-0.25, -0.2) is 0 Å². The minimum atomic E-state index is -3.82. The summed E-state index contributed by atoms with van der Waals surface area (Å²) in [6, 6.07) is 14.4. The SMILES string of the molecule is COc1ccc([C@@H](CCCOS(=O)(=O)c2ccc(C)cc2)[C@H]2O[C@@H]3OC(C)(C)O[C@@H]3[C@H]2OC)cc1. The molecule has 0 amide bonds. The van der Waals surface area contributed by atoms with Crippen molar-refractivity contribution in [1.82, 2.24) is 0 Å². The number of fused-ring (bicyclic) bond motifs is 1. The van der Waals surface area contributed by atoms with Crippen molar-refractivity contribution in [2.75, 3.05) is 20.8 Å². The van der Waals surface area contributed by atoms with E-state index < -0.39 is 22.2 Å². The lowest BCUT2D eigenvalue weighted by molar-refractivity contribution is -0.219. The smallest absolute Gasteiger partial charge is 0.296 e. The molecule has 5 atom stereocenters. The van der Waals surface area contributed by atoms with Gasteiger partial charge in [0.2, 0.25) is 0 Å². The van der Waals surface area contributed by atoms with Gasteiger partial charge in [-0.15, -0.1) is 0 Å². The Hall–Kier alpha value is -2.01. The molecule has 2 aromatic carbocycles. The van der Waals surface area contributed by atoms with Crippen LogP contribution in [0.4, 0.5) is 0 Å². The summed E-state index contributed by atoms with van der Waals surface area (Å²) in [5.41, 5.74) is 2.01. The maximum Gasteiger partial charge on any atom is 0.296 e. The van der Waals surface area contributed by atoms with Gasteiger partial charge >= 0.3 is 0 Å². The summed E-state index contributed by atoms with van der Waals surface area (Å²) in [7, 11) is -0.560. The quantitative estimate of drug-likeness (QED) is 0.351. The molecule has 192 valence electrons. The summed E-state index contributed by atoms with van der Waals surface area (Å²) in [5, 5.41) is 0. The van der Waals surface area contributed by atoms with Crippen LogP contribution in [0.1, 0.15) is 43.7 Å². The third-order valence-electron chi connectivity index (χ3n) is 6.45. The summed E-state index contributed by atoms with van der Waals surface area (Å²) in [4.78, 5) is 0.151. The molecule has 0 N–H and O–H groups in total. The molecule has 2 heterocycles. The van der Waals surface area contributed by atoms with Gasteiger partial charge in [0.05, 0.1) is 24.7 Å². The van der Waals surface area contributed by atoms with Crippen LogP contribution in [0.3, 0.4) is 0 Å². The number of methoxy groups -OCH3 is 2. The van der Waals surface area contributed by atoms with E-state index in [-0.39, 0.29) is 35.7 Å². The molecule has 0 aliphatic carbocycles. The minimum Gasteiger partial charge on any atom is -0.497 e. The maximum absolute atomic E-state index is 12.6. The highest BCUT2D eigenvalue weighted by atomic mass is 32.2. The van der Waals surface area contributed by atoms with E-state index >= 15 is 0 Å². The van der Waals surface area contributed by atoms with Crippen LogP contribution in [0.15, 0.2) is 53.4 Å². The van der Waals surface area contributed by atoms with E-state index in [1.807, 2.05) is 45.0 Å². The summed E-state index contributed by atoms with van der Waals surface area (Å²) in [6.45, 7) is 5.66. The van der Waals surface area contributed by atoms with Crippen LogP contribution in [-0.4, -0.2) is 59.6 Å². The predicted octanol–water partition coefficient (Wildman–Crippen LogP) is 4.16. The molecule has 2 aromatic rings. The van der Waals surface area contributed by atoms with Crippen molar-refractivity contribution in [2.24, 2.45) is 0 Å². The Morgan fingerprint density at radius 2 is 1.69 bits per heavy atom. The van der Waals surface area contributed by atoms with Crippen LogP contribution in [0, 0.1) is 6.92 Å². The van der Waals surface area contributed by atoms with Gasteiger partial charge in [0.15, 0.2) is 12.1 Å². The van der Waals surface area contributed by atoms with Gasteiger partial charge in [-0.3, -0.25) is 4.18 Å². The third-order valence-corrected chi connectivity index (χ3v) is 7.77. The normalized spacial score (nSPS) is 26.4. The molecule has 4 rings (SSSR count). The topological polar surface area (TPSA) is 89.5 Å². The molecule has 2 aliphatic rings. The van der Waals surface area contributed by atoms with E-state index in [9.17, 15) is 8.42 Å². The molecule has 2 fully saturated rings. The molecule has 0 aromatic heterocycles. The molecule has 0 spiro atoms. The molecule has 9 heteroatoms. The van der Waals surface area contributed by atoms with Crippen molar-refractivity contribution in [3.63, 3.8) is 0 Å². The molecule has 0 bridgehead atoms. The lowest BCUT2D eigenvalue weighted by Gasteiger charge is -2.31. The zero-order valence-corrected chi connectivity index (χ0v) is 21.6. The molecule has 0 radical (unpaired) electrons. The Labute approximate surface area is 207 Å². The Morgan fingerprint density at radius 1 is 1.00 bits per heavy atom. The first kappa shape index (κ1) is 26.1. The van der Waals surface area contributed by atoms with Crippen molar-refractivity contribution in [3.05, 3.63) is 59.7 Å². The van der Waals surface area contributed by atoms with E-state index in [4.69, 9.17) is 27.9 Å². The Kier molecular flexibility index (Phi) is 7.85. The first-order valence-electron chi connectivity index (χ1n) is 11.8. The Balaban J connectivity index is 1.47. The standard InChI is InChI=1S/C26H34O8S/c1-17-8-14-20(15-9-17)35(27,28)31-16-6-7-21(18-10-12-19(29-4)13-11-18)22-23(30-5)24-25(32-22)34-26(2,3)33-24/h8-15,21-25H,6-7,16H2,1-5H3/t21-,22-,23+,24-,25-/m1/s1. The molecule has 0 unspecified atom stereocenters. The van der Waals surface area contributed by atoms with Crippen molar-refractivity contribution >= 4 is 10.1 Å². The average Bonchev–Trinajstić information content (AvgIpc) is 3.30. The van der Waals surface area contributed by atoms with E-state index in [1.165, 1.54) is 0 Å². The van der Waals surface area contributed by atoms with Crippen molar-refractivity contribution in [1.29, 1.82) is 0 Å². The Bertz CT molecular complexity index is 1080. The highest BCUT2D eigenvalue weighted by Gasteiger charge is 2.56. The van der Waals surface area contributed by atoms with Crippen LogP contribution in [0.2, 0.25) is 0 Å². The van der Waals surface area contributed by atoms with E-state index in [2.05, 4.69) is 0 Å². The second kappa shape index (κ2) is 10.5. The van der Waals surface area contributed by atoms with Crippen LogP contribution in [0.5, 0.6) is 5.75 Å². The number of benzene rings is 2. The van der Waals surface area contributed by atoms with Gasteiger partial charge < -0.3 is 23.7 Å². The number of rotatable bonds is 10. The fourth-order valence-electron chi connectivity index (χ4n) is 4.71. The van der Waals surface area contributed by atoms with Gasteiger partial charge in [-0.2, -0.15) is 8.42 Å². The van der Waals surface area contributed by atoms with E-state index in [0.29, 0.717) is 12.8 Å². The molecular weight excluding hydrogens is 472 g/mol. The number of ether oxygens (including phenoxy) is 5. The minimum absolute atomic E-state index is 0.0557. The fraction of sp³-hybridized carbons (Fsp3) is 0.538.